The molecule has 1 heterocycles. The number of halogens is 4. The van der Waals surface area contributed by atoms with Crippen LogP contribution in [0.1, 0.15) is 29.6 Å². The second-order valence-corrected chi connectivity index (χ2v) is 5.09. The molecule has 1 aromatic rings. The van der Waals surface area contributed by atoms with Crippen molar-refractivity contribution in [1.29, 1.82) is 0 Å². The van der Waals surface area contributed by atoms with E-state index in [2.05, 4.69) is 0 Å². The highest BCUT2D eigenvalue weighted by Gasteiger charge is 2.25. The van der Waals surface area contributed by atoms with Gasteiger partial charge >= 0.3 is 0 Å². The van der Waals surface area contributed by atoms with Gasteiger partial charge < -0.3 is 10.6 Å². The van der Waals surface area contributed by atoms with Gasteiger partial charge in [-0.3, -0.25) is 4.79 Å². The van der Waals surface area contributed by atoms with Crippen molar-refractivity contribution in [3.05, 3.63) is 35.1 Å². The minimum atomic E-state index is -1.55. The van der Waals surface area contributed by atoms with Crippen molar-refractivity contribution in [2.45, 2.75) is 19.3 Å². The number of carbonyl (C=O) groups excluding carboxylic acids is 1. The molecule has 1 aromatic carbocycles. The van der Waals surface area contributed by atoms with Crippen molar-refractivity contribution in [3.8, 4) is 0 Å². The number of hydrogen-bond donors (Lipinski definition) is 1. The fourth-order valence-electron chi connectivity index (χ4n) is 2.58. The third-order valence-electron chi connectivity index (χ3n) is 3.61. The van der Waals surface area contributed by atoms with E-state index in [9.17, 15) is 18.0 Å². The highest BCUT2D eigenvalue weighted by atomic mass is 35.5. The zero-order valence-electron chi connectivity index (χ0n) is 11.4. The SMILES string of the molecule is Cl.NCCC1CCCN(C(=O)c2cc(F)c(F)c(F)c2)C1. The zero-order valence-corrected chi connectivity index (χ0v) is 12.3. The first-order chi connectivity index (χ1) is 9.52. The summed E-state index contributed by atoms with van der Waals surface area (Å²) in [5, 5.41) is 0. The summed E-state index contributed by atoms with van der Waals surface area (Å²) in [6, 6.07) is 1.49. The maximum Gasteiger partial charge on any atom is 0.254 e. The molecule has 1 saturated heterocycles. The van der Waals surface area contributed by atoms with Crippen LogP contribution < -0.4 is 5.73 Å². The van der Waals surface area contributed by atoms with Crippen molar-refractivity contribution in [2.75, 3.05) is 19.6 Å². The van der Waals surface area contributed by atoms with Gasteiger partial charge in [0.1, 0.15) is 0 Å². The lowest BCUT2D eigenvalue weighted by Gasteiger charge is -2.32. The maximum atomic E-state index is 13.2. The number of nitrogens with two attached hydrogens (primary N) is 1. The van der Waals surface area contributed by atoms with Gasteiger partial charge in [-0.15, -0.1) is 12.4 Å². The Kier molecular flexibility index (Phi) is 6.48. The van der Waals surface area contributed by atoms with Crippen LogP contribution in [0.3, 0.4) is 0 Å². The third-order valence-corrected chi connectivity index (χ3v) is 3.61. The number of benzene rings is 1. The molecular formula is C14H18ClF3N2O. The molecular weight excluding hydrogens is 305 g/mol. The number of hydrogen-bond acceptors (Lipinski definition) is 2. The summed E-state index contributed by atoms with van der Waals surface area (Å²) in [6.07, 6.45) is 2.64. The van der Waals surface area contributed by atoms with Crippen molar-refractivity contribution in [2.24, 2.45) is 11.7 Å². The van der Waals surface area contributed by atoms with Crippen LogP contribution in [0.5, 0.6) is 0 Å². The second-order valence-electron chi connectivity index (χ2n) is 5.09. The Balaban J connectivity index is 0.00000220. The van der Waals surface area contributed by atoms with E-state index in [1.165, 1.54) is 0 Å². The van der Waals surface area contributed by atoms with E-state index in [4.69, 9.17) is 5.73 Å². The molecule has 1 fully saturated rings. The van der Waals surface area contributed by atoms with Gasteiger partial charge in [0.2, 0.25) is 0 Å². The molecule has 3 nitrogen and oxygen atoms in total. The molecule has 1 aliphatic rings. The van der Waals surface area contributed by atoms with Gasteiger partial charge in [-0.2, -0.15) is 0 Å². The summed E-state index contributed by atoms with van der Waals surface area (Å²) >= 11 is 0. The number of amides is 1. The Labute approximate surface area is 127 Å². The smallest absolute Gasteiger partial charge is 0.254 e. The van der Waals surface area contributed by atoms with E-state index in [1.807, 2.05) is 0 Å². The average Bonchev–Trinajstić information content (AvgIpc) is 2.44. The summed E-state index contributed by atoms with van der Waals surface area (Å²) in [7, 11) is 0. The van der Waals surface area contributed by atoms with Crippen LogP contribution >= 0.6 is 12.4 Å². The molecule has 0 radical (unpaired) electrons. The standard InChI is InChI=1S/C14H17F3N2O.ClH/c15-11-6-10(7-12(16)13(11)17)14(20)19-5-1-2-9(8-19)3-4-18;/h6-7,9H,1-5,8,18H2;1H. The second kappa shape index (κ2) is 7.66. The maximum absolute atomic E-state index is 13.2. The van der Waals surface area contributed by atoms with Gasteiger partial charge in [0.05, 0.1) is 0 Å². The Bertz CT molecular complexity index is 488. The lowest BCUT2D eigenvalue weighted by atomic mass is 9.94. The van der Waals surface area contributed by atoms with Crippen molar-refractivity contribution in [3.63, 3.8) is 0 Å². The minimum absolute atomic E-state index is 0. The lowest BCUT2D eigenvalue weighted by molar-refractivity contribution is 0.0668. The third kappa shape index (κ3) is 4.11. The molecule has 21 heavy (non-hydrogen) atoms. The zero-order chi connectivity index (χ0) is 14.7. The highest BCUT2D eigenvalue weighted by molar-refractivity contribution is 5.94. The molecule has 0 aromatic heterocycles. The predicted molar refractivity (Wildman–Crippen MR) is 75.9 cm³/mol. The number of rotatable bonds is 3. The molecule has 1 aliphatic heterocycles. The van der Waals surface area contributed by atoms with Crippen molar-refractivity contribution >= 4 is 18.3 Å². The first-order valence-corrected chi connectivity index (χ1v) is 6.66. The van der Waals surface area contributed by atoms with Gasteiger partial charge in [0, 0.05) is 18.7 Å². The van der Waals surface area contributed by atoms with Crippen LogP contribution in [0.4, 0.5) is 13.2 Å². The summed E-state index contributed by atoms with van der Waals surface area (Å²) in [6.45, 7) is 1.61. The predicted octanol–water partition coefficient (Wildman–Crippen LogP) is 2.73. The fraction of sp³-hybridized carbons (Fsp3) is 0.500. The molecule has 0 bridgehead atoms. The Hall–Kier alpha value is -1.27. The van der Waals surface area contributed by atoms with Gasteiger partial charge in [0.15, 0.2) is 17.5 Å². The Morgan fingerprint density at radius 1 is 1.29 bits per heavy atom. The van der Waals surface area contributed by atoms with E-state index in [0.717, 1.165) is 31.4 Å². The van der Waals surface area contributed by atoms with Crippen LogP contribution in [0.2, 0.25) is 0 Å². The molecule has 0 aliphatic carbocycles. The fourth-order valence-corrected chi connectivity index (χ4v) is 2.58. The monoisotopic (exact) mass is 322 g/mol. The minimum Gasteiger partial charge on any atom is -0.338 e. The number of piperidine rings is 1. The van der Waals surface area contributed by atoms with Crippen LogP contribution in [0.25, 0.3) is 0 Å². The van der Waals surface area contributed by atoms with Crippen LogP contribution in [0, 0.1) is 23.4 Å². The number of nitrogens with zero attached hydrogens (tertiary/aromatic N) is 1. The largest absolute Gasteiger partial charge is 0.338 e. The molecule has 118 valence electrons. The van der Waals surface area contributed by atoms with Crippen molar-refractivity contribution < 1.29 is 18.0 Å². The molecule has 1 unspecified atom stereocenters. The molecule has 1 atom stereocenters. The van der Waals surface area contributed by atoms with Crippen LogP contribution in [0.15, 0.2) is 12.1 Å². The van der Waals surface area contributed by atoms with Crippen molar-refractivity contribution in [1.82, 2.24) is 4.90 Å². The van der Waals surface area contributed by atoms with Gasteiger partial charge in [0.25, 0.3) is 5.91 Å². The molecule has 1 amide bonds. The summed E-state index contributed by atoms with van der Waals surface area (Å²) in [4.78, 5) is 13.8. The van der Waals surface area contributed by atoms with E-state index in [0.29, 0.717) is 25.6 Å². The normalized spacial score (nSPS) is 18.3. The molecule has 2 rings (SSSR count). The molecule has 7 heteroatoms. The van der Waals surface area contributed by atoms with E-state index < -0.39 is 23.4 Å². The molecule has 0 spiro atoms. The van der Waals surface area contributed by atoms with Crippen LogP contribution in [-0.4, -0.2) is 30.4 Å². The van der Waals surface area contributed by atoms with E-state index >= 15 is 0 Å². The van der Waals surface area contributed by atoms with Gasteiger partial charge in [-0.1, -0.05) is 0 Å². The summed E-state index contributed by atoms with van der Waals surface area (Å²) < 4.78 is 39.2. The van der Waals surface area contributed by atoms with E-state index in [-0.39, 0.29) is 18.0 Å². The average molecular weight is 323 g/mol. The first kappa shape index (κ1) is 17.8. The Morgan fingerprint density at radius 3 is 2.48 bits per heavy atom. The lowest BCUT2D eigenvalue weighted by Crippen LogP contribution is -2.40. The number of likely N-dealkylation sites (tertiary alicyclic amines) is 1. The summed E-state index contributed by atoms with van der Waals surface area (Å²) in [5.41, 5.74) is 5.35. The quantitative estimate of drug-likeness (QED) is 0.870. The van der Waals surface area contributed by atoms with Crippen LogP contribution in [-0.2, 0) is 0 Å². The number of carbonyl (C=O) groups is 1. The van der Waals surface area contributed by atoms with E-state index in [1.54, 1.807) is 4.90 Å². The van der Waals surface area contributed by atoms with Gasteiger partial charge in [-0.05, 0) is 43.9 Å². The summed E-state index contributed by atoms with van der Waals surface area (Å²) in [5.74, 6) is -4.40. The topological polar surface area (TPSA) is 46.3 Å². The first-order valence-electron chi connectivity index (χ1n) is 6.66. The molecule has 2 N–H and O–H groups in total. The van der Waals surface area contributed by atoms with Gasteiger partial charge in [-0.25, -0.2) is 13.2 Å². The Morgan fingerprint density at radius 2 is 1.90 bits per heavy atom. The highest BCUT2D eigenvalue weighted by Crippen LogP contribution is 2.22. The molecule has 0 saturated carbocycles.